The Bertz CT molecular complexity index is 624. The molecule has 0 radical (unpaired) electrons. The summed E-state index contributed by atoms with van der Waals surface area (Å²) in [6, 6.07) is 0. The van der Waals surface area contributed by atoms with Crippen molar-refractivity contribution in [2.75, 3.05) is 0 Å². The van der Waals surface area contributed by atoms with E-state index in [-0.39, 0.29) is 10.8 Å². The minimum atomic E-state index is 0.0915. The van der Waals surface area contributed by atoms with Gasteiger partial charge in [0.2, 0.25) is 0 Å². The average Bonchev–Trinajstić information content (AvgIpc) is 3.07. The van der Waals surface area contributed by atoms with Gasteiger partial charge in [-0.05, 0) is 35.3 Å². The zero-order valence-electron chi connectivity index (χ0n) is 14.6. The highest BCUT2D eigenvalue weighted by Gasteiger charge is 2.22. The van der Waals surface area contributed by atoms with Gasteiger partial charge in [-0.25, -0.2) is 0 Å². The Morgan fingerprint density at radius 3 is 2.45 bits per heavy atom. The molecule has 0 saturated carbocycles. The van der Waals surface area contributed by atoms with Gasteiger partial charge in [0, 0.05) is 12.4 Å². The van der Waals surface area contributed by atoms with Gasteiger partial charge in [0.15, 0.2) is 0 Å². The lowest BCUT2D eigenvalue weighted by atomic mass is 9.81. The highest BCUT2D eigenvalue weighted by atomic mass is 15.3. The lowest BCUT2D eigenvalue weighted by molar-refractivity contribution is 0.517. The second-order valence-electron chi connectivity index (χ2n) is 7.80. The number of nitrogens with one attached hydrogen (secondary N) is 1. The van der Waals surface area contributed by atoms with Crippen LogP contribution >= 0.6 is 0 Å². The van der Waals surface area contributed by atoms with Crippen molar-refractivity contribution in [3.8, 4) is 0 Å². The molecule has 2 aromatic heterocycles. The van der Waals surface area contributed by atoms with Gasteiger partial charge in [0.1, 0.15) is 0 Å². The molecule has 1 N–H and O–H groups in total. The fourth-order valence-electron chi connectivity index (χ4n) is 2.59. The quantitative estimate of drug-likeness (QED) is 0.840. The minimum Gasteiger partial charge on any atom is -0.285 e. The van der Waals surface area contributed by atoms with E-state index in [1.807, 2.05) is 23.3 Å². The number of aromatic nitrogens is 4. The molecule has 0 bridgehead atoms. The Morgan fingerprint density at radius 1 is 1.18 bits per heavy atom. The van der Waals surface area contributed by atoms with Crippen molar-refractivity contribution in [1.29, 1.82) is 0 Å². The third-order valence-electron chi connectivity index (χ3n) is 4.13. The van der Waals surface area contributed by atoms with E-state index in [9.17, 15) is 0 Å². The first kappa shape index (κ1) is 16.5. The van der Waals surface area contributed by atoms with Crippen LogP contribution in [0.1, 0.15) is 59.1 Å². The molecule has 22 heavy (non-hydrogen) atoms. The normalized spacial score (nSPS) is 13.6. The van der Waals surface area contributed by atoms with Crippen LogP contribution in [0, 0.1) is 0 Å². The van der Waals surface area contributed by atoms with Crippen LogP contribution in [-0.4, -0.2) is 20.0 Å². The summed E-state index contributed by atoms with van der Waals surface area (Å²) in [6.45, 7) is 14.1. The predicted molar refractivity (Wildman–Crippen MR) is 90.9 cm³/mol. The predicted octanol–water partition coefficient (Wildman–Crippen LogP) is 4.22. The van der Waals surface area contributed by atoms with Gasteiger partial charge in [-0.3, -0.25) is 9.78 Å². The SMILES string of the molecule is C/C(=C\Cn1cc(C(C)(C)C)cn1)CC(C)(C)c1cn[nH]c1. The smallest absolute Gasteiger partial charge is 0.0592 e. The van der Waals surface area contributed by atoms with Crippen LogP contribution in [0.4, 0.5) is 0 Å². The highest BCUT2D eigenvalue weighted by Crippen LogP contribution is 2.29. The zero-order chi connectivity index (χ0) is 16.4. The van der Waals surface area contributed by atoms with Crippen molar-refractivity contribution in [3.63, 3.8) is 0 Å². The Labute approximate surface area is 133 Å². The Kier molecular flexibility index (Phi) is 4.59. The van der Waals surface area contributed by atoms with E-state index < -0.39 is 0 Å². The first-order chi connectivity index (χ1) is 10.2. The number of hydrogen-bond acceptors (Lipinski definition) is 2. The molecule has 4 nitrogen and oxygen atoms in total. The summed E-state index contributed by atoms with van der Waals surface area (Å²) in [5.74, 6) is 0. The van der Waals surface area contributed by atoms with Gasteiger partial charge in [-0.2, -0.15) is 10.2 Å². The summed E-state index contributed by atoms with van der Waals surface area (Å²) in [5.41, 5.74) is 4.14. The summed E-state index contributed by atoms with van der Waals surface area (Å²) < 4.78 is 2.01. The lowest BCUT2D eigenvalue weighted by Gasteiger charge is -2.23. The molecule has 2 rings (SSSR count). The molecule has 120 valence electrons. The molecule has 4 heteroatoms. The molecule has 2 heterocycles. The Balaban J connectivity index is 2.00. The third-order valence-corrected chi connectivity index (χ3v) is 4.13. The summed E-state index contributed by atoms with van der Waals surface area (Å²) in [4.78, 5) is 0. The van der Waals surface area contributed by atoms with Gasteiger partial charge in [-0.15, -0.1) is 0 Å². The van der Waals surface area contributed by atoms with Crippen LogP contribution in [0.25, 0.3) is 0 Å². The van der Waals surface area contributed by atoms with Gasteiger partial charge in [0.05, 0.1) is 18.9 Å². The molecule has 0 aliphatic carbocycles. The van der Waals surface area contributed by atoms with E-state index in [1.165, 1.54) is 16.7 Å². The second-order valence-corrected chi connectivity index (χ2v) is 7.80. The summed E-state index contributed by atoms with van der Waals surface area (Å²) in [5, 5.41) is 11.4. The third kappa shape index (κ3) is 4.09. The van der Waals surface area contributed by atoms with Crippen molar-refractivity contribution in [2.24, 2.45) is 0 Å². The molecule has 0 saturated heterocycles. The maximum Gasteiger partial charge on any atom is 0.0592 e. The number of allylic oxidation sites excluding steroid dienone is 2. The van der Waals surface area contributed by atoms with Crippen LogP contribution < -0.4 is 0 Å². The number of H-pyrrole nitrogens is 1. The monoisotopic (exact) mass is 300 g/mol. The Hall–Kier alpha value is -1.84. The molecular formula is C18H28N4. The number of nitrogens with zero attached hydrogens (tertiary/aromatic N) is 3. The molecule has 2 aromatic rings. The summed E-state index contributed by atoms with van der Waals surface area (Å²) >= 11 is 0. The molecule has 0 aromatic carbocycles. The first-order valence-electron chi connectivity index (χ1n) is 7.86. The average molecular weight is 300 g/mol. The number of rotatable bonds is 5. The fraction of sp³-hybridized carbons (Fsp3) is 0.556. The molecule has 0 fully saturated rings. The van der Waals surface area contributed by atoms with E-state index in [0.29, 0.717) is 0 Å². The number of aromatic amines is 1. The van der Waals surface area contributed by atoms with E-state index in [0.717, 1.165) is 13.0 Å². The lowest BCUT2D eigenvalue weighted by Crippen LogP contribution is -2.16. The van der Waals surface area contributed by atoms with Gasteiger partial charge in [0.25, 0.3) is 0 Å². The summed E-state index contributed by atoms with van der Waals surface area (Å²) in [6.07, 6.45) is 11.3. The van der Waals surface area contributed by atoms with Crippen LogP contribution in [0.5, 0.6) is 0 Å². The van der Waals surface area contributed by atoms with Crippen LogP contribution in [0.15, 0.2) is 36.4 Å². The molecule has 0 aliphatic rings. The van der Waals surface area contributed by atoms with Crippen LogP contribution in [0.3, 0.4) is 0 Å². The van der Waals surface area contributed by atoms with Gasteiger partial charge >= 0.3 is 0 Å². The van der Waals surface area contributed by atoms with E-state index >= 15 is 0 Å². The zero-order valence-corrected chi connectivity index (χ0v) is 14.6. The standard InChI is InChI=1S/C18H28N4/c1-14(9-18(5,6)15-10-19-20-11-15)7-8-22-13-16(12-21-22)17(2,3)4/h7,10-13H,8-9H2,1-6H3,(H,19,20)/b14-7+. The van der Waals surface area contributed by atoms with E-state index in [2.05, 4.69) is 69.1 Å². The molecule has 0 atom stereocenters. The molecule has 0 aliphatic heterocycles. The Morgan fingerprint density at radius 2 is 1.91 bits per heavy atom. The van der Waals surface area contributed by atoms with Crippen LogP contribution in [0.2, 0.25) is 0 Å². The largest absolute Gasteiger partial charge is 0.285 e. The van der Waals surface area contributed by atoms with Crippen molar-refractivity contribution in [1.82, 2.24) is 20.0 Å². The van der Waals surface area contributed by atoms with Crippen molar-refractivity contribution < 1.29 is 0 Å². The second kappa shape index (κ2) is 6.11. The van der Waals surface area contributed by atoms with Gasteiger partial charge < -0.3 is 0 Å². The number of hydrogen-bond donors (Lipinski definition) is 1. The minimum absolute atomic E-state index is 0.0915. The molecule has 0 amide bonds. The van der Waals surface area contributed by atoms with Crippen molar-refractivity contribution in [2.45, 2.75) is 65.3 Å². The topological polar surface area (TPSA) is 46.5 Å². The highest BCUT2D eigenvalue weighted by molar-refractivity contribution is 5.20. The maximum atomic E-state index is 4.46. The van der Waals surface area contributed by atoms with Crippen molar-refractivity contribution >= 4 is 0 Å². The van der Waals surface area contributed by atoms with Gasteiger partial charge in [-0.1, -0.05) is 46.3 Å². The van der Waals surface area contributed by atoms with E-state index in [1.54, 1.807) is 0 Å². The molecule has 0 unspecified atom stereocenters. The molecule has 0 spiro atoms. The summed E-state index contributed by atoms with van der Waals surface area (Å²) in [7, 11) is 0. The maximum absolute atomic E-state index is 4.46. The van der Waals surface area contributed by atoms with Crippen LogP contribution in [-0.2, 0) is 17.4 Å². The van der Waals surface area contributed by atoms with Crippen molar-refractivity contribution in [3.05, 3.63) is 47.6 Å². The van der Waals surface area contributed by atoms with E-state index in [4.69, 9.17) is 0 Å². The molecular weight excluding hydrogens is 272 g/mol. The first-order valence-corrected chi connectivity index (χ1v) is 7.86. The fourth-order valence-corrected chi connectivity index (χ4v) is 2.59.